The van der Waals surface area contributed by atoms with Crippen LogP contribution in [0.2, 0.25) is 0 Å². The Labute approximate surface area is 141 Å². The van der Waals surface area contributed by atoms with Crippen LogP contribution in [0.1, 0.15) is 70.3 Å². The van der Waals surface area contributed by atoms with Crippen molar-refractivity contribution in [1.29, 1.82) is 0 Å². The molecule has 1 aromatic carbocycles. The lowest BCUT2D eigenvalue weighted by atomic mass is 10.1. The number of aryl methyl sites for hydroxylation is 1. The molecule has 0 amide bonds. The van der Waals surface area contributed by atoms with E-state index < -0.39 is 10.1 Å². The molecular formula is C18H30O4S. The summed E-state index contributed by atoms with van der Waals surface area (Å²) in [6.07, 6.45) is 11.4. The fraction of sp³-hybridized carbons (Fsp3) is 0.667. The van der Waals surface area contributed by atoms with Crippen LogP contribution < -0.4 is 4.74 Å². The van der Waals surface area contributed by atoms with Gasteiger partial charge in [-0.1, -0.05) is 58.3 Å². The zero-order valence-corrected chi connectivity index (χ0v) is 15.2. The van der Waals surface area contributed by atoms with Crippen LogP contribution in [0.3, 0.4) is 0 Å². The molecule has 0 aliphatic heterocycles. The van der Waals surface area contributed by atoms with Crippen LogP contribution in [-0.2, 0) is 10.1 Å². The number of unbranched alkanes of at least 4 members (excludes halogenated alkanes) is 8. The van der Waals surface area contributed by atoms with Gasteiger partial charge in [0.15, 0.2) is 0 Å². The maximum absolute atomic E-state index is 11.1. The largest absolute Gasteiger partial charge is 0.494 e. The number of benzene rings is 1. The van der Waals surface area contributed by atoms with Gasteiger partial charge in [-0.2, -0.15) is 8.42 Å². The Morgan fingerprint density at radius 3 is 2.04 bits per heavy atom. The first kappa shape index (κ1) is 20.0. The fourth-order valence-corrected chi connectivity index (χ4v) is 3.31. The molecule has 4 nitrogen and oxygen atoms in total. The zero-order chi connectivity index (χ0) is 17.1. The van der Waals surface area contributed by atoms with Gasteiger partial charge in [-0.25, -0.2) is 0 Å². The standard InChI is InChI=1S/C18H30O4S/c1-3-4-5-6-7-8-9-10-11-14-22-17-12-13-18(16(2)15-17)23(19,20)21/h12-13,15H,3-11,14H2,1-2H3,(H,19,20,21). The van der Waals surface area contributed by atoms with Crippen LogP contribution in [0.25, 0.3) is 0 Å². The summed E-state index contributed by atoms with van der Waals surface area (Å²) >= 11 is 0. The van der Waals surface area contributed by atoms with Gasteiger partial charge < -0.3 is 4.74 Å². The monoisotopic (exact) mass is 342 g/mol. The van der Waals surface area contributed by atoms with Crippen LogP contribution in [0.15, 0.2) is 23.1 Å². The van der Waals surface area contributed by atoms with Crippen molar-refractivity contribution < 1.29 is 17.7 Å². The smallest absolute Gasteiger partial charge is 0.294 e. The van der Waals surface area contributed by atoms with E-state index in [9.17, 15) is 8.42 Å². The van der Waals surface area contributed by atoms with Crippen molar-refractivity contribution in [3.05, 3.63) is 23.8 Å². The van der Waals surface area contributed by atoms with Crippen LogP contribution in [-0.4, -0.2) is 19.6 Å². The molecule has 1 N–H and O–H groups in total. The molecular weight excluding hydrogens is 312 g/mol. The van der Waals surface area contributed by atoms with E-state index in [1.54, 1.807) is 19.1 Å². The minimum atomic E-state index is -4.15. The van der Waals surface area contributed by atoms with Crippen molar-refractivity contribution >= 4 is 10.1 Å². The summed E-state index contributed by atoms with van der Waals surface area (Å²) < 4.78 is 36.9. The highest BCUT2D eigenvalue weighted by atomic mass is 32.2. The van der Waals surface area contributed by atoms with Gasteiger partial charge in [0, 0.05) is 0 Å². The fourth-order valence-electron chi connectivity index (χ4n) is 2.60. The molecule has 23 heavy (non-hydrogen) atoms. The van der Waals surface area contributed by atoms with E-state index in [0.717, 1.165) is 12.8 Å². The van der Waals surface area contributed by atoms with Gasteiger partial charge in [0.05, 0.1) is 11.5 Å². The normalized spacial score (nSPS) is 11.6. The maximum atomic E-state index is 11.1. The van der Waals surface area contributed by atoms with Gasteiger partial charge in [0.25, 0.3) is 10.1 Å². The number of hydrogen-bond acceptors (Lipinski definition) is 3. The highest BCUT2D eigenvalue weighted by Gasteiger charge is 2.13. The molecule has 0 atom stereocenters. The molecule has 0 saturated carbocycles. The minimum Gasteiger partial charge on any atom is -0.494 e. The summed E-state index contributed by atoms with van der Waals surface area (Å²) in [7, 11) is -4.15. The Morgan fingerprint density at radius 1 is 0.957 bits per heavy atom. The molecule has 5 heteroatoms. The molecule has 1 rings (SSSR count). The summed E-state index contributed by atoms with van der Waals surface area (Å²) in [5.74, 6) is 0.648. The second kappa shape index (κ2) is 10.7. The van der Waals surface area contributed by atoms with Gasteiger partial charge in [-0.15, -0.1) is 0 Å². The first-order valence-electron chi connectivity index (χ1n) is 8.66. The van der Waals surface area contributed by atoms with Crippen molar-refractivity contribution in [2.45, 2.75) is 76.5 Å². The predicted octanol–water partition coefficient (Wildman–Crippen LogP) is 5.15. The predicted molar refractivity (Wildman–Crippen MR) is 93.7 cm³/mol. The number of hydrogen-bond donors (Lipinski definition) is 1. The van der Waals surface area contributed by atoms with Gasteiger partial charge >= 0.3 is 0 Å². The third-order valence-electron chi connectivity index (χ3n) is 3.94. The van der Waals surface area contributed by atoms with Crippen molar-refractivity contribution in [2.24, 2.45) is 0 Å². The van der Waals surface area contributed by atoms with E-state index in [1.807, 2.05) is 0 Å². The van der Waals surface area contributed by atoms with Gasteiger partial charge in [-0.3, -0.25) is 4.55 Å². The summed E-state index contributed by atoms with van der Waals surface area (Å²) in [5, 5.41) is 0. The van der Waals surface area contributed by atoms with Gasteiger partial charge in [-0.05, 0) is 37.1 Å². The number of rotatable bonds is 12. The molecule has 0 saturated heterocycles. The van der Waals surface area contributed by atoms with Crippen LogP contribution >= 0.6 is 0 Å². The van der Waals surface area contributed by atoms with Crippen LogP contribution in [0.4, 0.5) is 0 Å². The van der Waals surface area contributed by atoms with E-state index in [1.165, 1.54) is 51.0 Å². The minimum absolute atomic E-state index is 0.0621. The quantitative estimate of drug-likeness (QED) is 0.421. The maximum Gasteiger partial charge on any atom is 0.294 e. The Kier molecular flexibility index (Phi) is 9.26. The molecule has 0 unspecified atom stereocenters. The third kappa shape index (κ3) is 8.37. The molecule has 0 aliphatic carbocycles. The topological polar surface area (TPSA) is 63.6 Å². The average molecular weight is 343 g/mol. The summed E-state index contributed by atoms with van der Waals surface area (Å²) in [6.45, 7) is 4.52. The lowest BCUT2D eigenvalue weighted by Gasteiger charge is -2.09. The Bertz CT molecular complexity index is 552. The average Bonchev–Trinajstić information content (AvgIpc) is 2.48. The number of ether oxygens (including phenoxy) is 1. The Morgan fingerprint density at radius 2 is 1.52 bits per heavy atom. The highest BCUT2D eigenvalue weighted by molar-refractivity contribution is 7.85. The van der Waals surface area contributed by atoms with E-state index in [-0.39, 0.29) is 4.90 Å². The Balaban J connectivity index is 2.16. The second-order valence-corrected chi connectivity index (χ2v) is 7.47. The third-order valence-corrected chi connectivity index (χ3v) is 4.95. The zero-order valence-electron chi connectivity index (χ0n) is 14.4. The molecule has 0 fully saturated rings. The van der Waals surface area contributed by atoms with Crippen molar-refractivity contribution in [1.82, 2.24) is 0 Å². The van der Waals surface area contributed by atoms with Crippen molar-refractivity contribution in [2.75, 3.05) is 6.61 Å². The second-order valence-electron chi connectivity index (χ2n) is 6.08. The van der Waals surface area contributed by atoms with Gasteiger partial charge in [0.1, 0.15) is 5.75 Å². The van der Waals surface area contributed by atoms with E-state index in [2.05, 4.69) is 6.92 Å². The molecule has 0 aromatic heterocycles. The molecule has 0 radical (unpaired) electrons. The lowest BCUT2D eigenvalue weighted by Crippen LogP contribution is -2.02. The molecule has 0 aliphatic rings. The Hall–Kier alpha value is -1.07. The highest BCUT2D eigenvalue weighted by Crippen LogP contribution is 2.21. The molecule has 0 bridgehead atoms. The summed E-state index contributed by atoms with van der Waals surface area (Å²) in [5.41, 5.74) is 0.497. The van der Waals surface area contributed by atoms with E-state index >= 15 is 0 Å². The van der Waals surface area contributed by atoms with Crippen LogP contribution in [0.5, 0.6) is 5.75 Å². The molecule has 132 valence electrons. The summed E-state index contributed by atoms with van der Waals surface area (Å²) in [6, 6.07) is 4.62. The molecule has 1 aromatic rings. The summed E-state index contributed by atoms with van der Waals surface area (Å²) in [4.78, 5) is -0.0621. The van der Waals surface area contributed by atoms with Crippen molar-refractivity contribution in [3.63, 3.8) is 0 Å². The van der Waals surface area contributed by atoms with Crippen molar-refractivity contribution in [3.8, 4) is 5.75 Å². The van der Waals surface area contributed by atoms with Crippen LogP contribution in [0, 0.1) is 6.92 Å². The lowest BCUT2D eigenvalue weighted by molar-refractivity contribution is 0.304. The first-order chi connectivity index (χ1) is 10.9. The van der Waals surface area contributed by atoms with E-state index in [0.29, 0.717) is 17.9 Å². The SMILES string of the molecule is CCCCCCCCCCCOc1ccc(S(=O)(=O)O)c(C)c1. The molecule has 0 spiro atoms. The first-order valence-corrected chi connectivity index (χ1v) is 10.1. The van der Waals surface area contributed by atoms with Gasteiger partial charge in [0.2, 0.25) is 0 Å². The van der Waals surface area contributed by atoms with E-state index in [4.69, 9.17) is 9.29 Å². The molecule has 0 heterocycles.